The van der Waals surface area contributed by atoms with Crippen LogP contribution in [0.25, 0.3) is 0 Å². The zero-order valence-corrected chi connectivity index (χ0v) is 15.0. The molecule has 23 heavy (non-hydrogen) atoms. The second kappa shape index (κ2) is 6.79. The number of thiocarbonyl (C=S) groups is 1. The maximum atomic E-state index is 12.0. The fraction of sp³-hybridized carbons (Fsp3) is 0.312. The Labute approximate surface area is 148 Å². The standard InChI is InChI=1S/C16H15N3OS3/c1-9-4-5-10-11(8-17)15(23-13(10)7-9)19-16(21)18-14(20)12-3-2-6-22-12/h2-3,6,9H,4-5,7H2,1H3,(H2,18,19,20,21). The molecule has 2 aromatic heterocycles. The third-order valence-corrected chi connectivity index (χ3v) is 6.07. The molecule has 0 saturated heterocycles. The van der Waals surface area contributed by atoms with Crippen molar-refractivity contribution in [1.29, 1.82) is 5.26 Å². The lowest BCUT2D eigenvalue weighted by Gasteiger charge is -2.17. The number of thiophene rings is 2. The highest BCUT2D eigenvalue weighted by Crippen LogP contribution is 2.39. The van der Waals surface area contributed by atoms with Crippen LogP contribution in [0.3, 0.4) is 0 Å². The summed E-state index contributed by atoms with van der Waals surface area (Å²) in [4.78, 5) is 13.9. The number of hydrogen-bond donors (Lipinski definition) is 2. The van der Waals surface area contributed by atoms with Crippen molar-refractivity contribution in [3.8, 4) is 6.07 Å². The first-order chi connectivity index (χ1) is 11.1. The Morgan fingerprint density at radius 2 is 2.35 bits per heavy atom. The number of carbonyl (C=O) groups is 1. The van der Waals surface area contributed by atoms with Gasteiger partial charge in [0.05, 0.1) is 10.4 Å². The van der Waals surface area contributed by atoms with E-state index in [9.17, 15) is 10.1 Å². The summed E-state index contributed by atoms with van der Waals surface area (Å²) < 4.78 is 0. The van der Waals surface area contributed by atoms with Crippen molar-refractivity contribution in [2.45, 2.75) is 26.2 Å². The van der Waals surface area contributed by atoms with Crippen LogP contribution < -0.4 is 10.6 Å². The minimum absolute atomic E-state index is 0.228. The number of nitrogens with zero attached hydrogens (tertiary/aromatic N) is 1. The summed E-state index contributed by atoms with van der Waals surface area (Å²) in [6.45, 7) is 2.23. The zero-order chi connectivity index (χ0) is 16.4. The van der Waals surface area contributed by atoms with Gasteiger partial charge >= 0.3 is 0 Å². The molecule has 1 amide bonds. The topological polar surface area (TPSA) is 64.9 Å². The van der Waals surface area contributed by atoms with Crippen molar-refractivity contribution in [3.05, 3.63) is 38.4 Å². The average molecular weight is 362 g/mol. The molecular weight excluding hydrogens is 346 g/mol. The van der Waals surface area contributed by atoms with Crippen LogP contribution in [-0.4, -0.2) is 11.0 Å². The van der Waals surface area contributed by atoms with Crippen LogP contribution in [0.2, 0.25) is 0 Å². The van der Waals surface area contributed by atoms with E-state index in [1.165, 1.54) is 16.2 Å². The monoisotopic (exact) mass is 361 g/mol. The number of nitriles is 1. The molecule has 1 aliphatic carbocycles. The number of nitrogens with one attached hydrogen (secondary N) is 2. The average Bonchev–Trinajstić information content (AvgIpc) is 3.13. The van der Waals surface area contributed by atoms with Gasteiger partial charge in [-0.3, -0.25) is 10.1 Å². The molecule has 0 radical (unpaired) electrons. The van der Waals surface area contributed by atoms with Crippen molar-refractivity contribution in [2.75, 3.05) is 5.32 Å². The second-order valence-electron chi connectivity index (χ2n) is 5.55. The van der Waals surface area contributed by atoms with Gasteiger partial charge in [0.1, 0.15) is 11.1 Å². The number of carbonyl (C=O) groups excluding carboxylic acids is 1. The van der Waals surface area contributed by atoms with Gasteiger partial charge in [0.15, 0.2) is 5.11 Å². The summed E-state index contributed by atoms with van der Waals surface area (Å²) in [6.07, 6.45) is 3.05. The fourth-order valence-corrected chi connectivity index (χ4v) is 4.91. The van der Waals surface area contributed by atoms with Crippen LogP contribution >= 0.6 is 34.9 Å². The molecule has 0 fully saturated rings. The van der Waals surface area contributed by atoms with Gasteiger partial charge < -0.3 is 5.32 Å². The largest absolute Gasteiger partial charge is 0.323 e. The van der Waals surface area contributed by atoms with Gasteiger partial charge in [-0.05, 0) is 54.4 Å². The molecule has 0 saturated carbocycles. The highest BCUT2D eigenvalue weighted by molar-refractivity contribution is 7.80. The quantitative estimate of drug-likeness (QED) is 0.796. The van der Waals surface area contributed by atoms with E-state index in [0.717, 1.165) is 29.8 Å². The Kier molecular flexibility index (Phi) is 4.76. The number of anilines is 1. The normalized spacial score (nSPS) is 16.3. The molecule has 1 aliphatic rings. The minimum atomic E-state index is -0.231. The Balaban J connectivity index is 1.74. The van der Waals surface area contributed by atoms with Crippen LogP contribution in [0.4, 0.5) is 5.00 Å². The summed E-state index contributed by atoms with van der Waals surface area (Å²) in [7, 11) is 0. The summed E-state index contributed by atoms with van der Waals surface area (Å²) in [6, 6.07) is 5.84. The van der Waals surface area contributed by atoms with Crippen LogP contribution in [-0.2, 0) is 12.8 Å². The fourth-order valence-electron chi connectivity index (χ4n) is 2.66. The first-order valence-corrected chi connectivity index (χ1v) is 9.39. The number of rotatable bonds is 2. The van der Waals surface area contributed by atoms with Gasteiger partial charge in [-0.15, -0.1) is 22.7 Å². The van der Waals surface area contributed by atoms with E-state index >= 15 is 0 Å². The first kappa shape index (κ1) is 16.1. The first-order valence-electron chi connectivity index (χ1n) is 7.29. The molecule has 1 atom stereocenters. The predicted octanol–water partition coefficient (Wildman–Crippen LogP) is 3.93. The summed E-state index contributed by atoms with van der Waals surface area (Å²) in [5, 5.41) is 18.0. The highest BCUT2D eigenvalue weighted by Gasteiger charge is 2.24. The van der Waals surface area contributed by atoms with Gasteiger partial charge in [-0.1, -0.05) is 13.0 Å². The van der Waals surface area contributed by atoms with Crippen LogP contribution in [0.1, 0.15) is 39.0 Å². The van der Waals surface area contributed by atoms with E-state index < -0.39 is 0 Å². The van der Waals surface area contributed by atoms with Crippen LogP contribution in [0.5, 0.6) is 0 Å². The molecule has 0 bridgehead atoms. The Bertz CT molecular complexity index is 786. The maximum Gasteiger partial charge on any atom is 0.267 e. The molecule has 2 aromatic rings. The molecule has 3 rings (SSSR count). The Morgan fingerprint density at radius 1 is 1.52 bits per heavy atom. The predicted molar refractivity (Wildman–Crippen MR) is 98.2 cm³/mol. The van der Waals surface area contributed by atoms with Crippen molar-refractivity contribution in [2.24, 2.45) is 5.92 Å². The molecule has 0 aliphatic heterocycles. The molecule has 0 spiro atoms. The smallest absolute Gasteiger partial charge is 0.267 e. The Hall–Kier alpha value is -1.75. The van der Waals surface area contributed by atoms with Crippen molar-refractivity contribution in [1.82, 2.24) is 5.32 Å². The van der Waals surface area contributed by atoms with E-state index in [0.29, 0.717) is 16.4 Å². The van der Waals surface area contributed by atoms with Gasteiger partial charge in [0.2, 0.25) is 0 Å². The molecule has 4 nitrogen and oxygen atoms in total. The van der Waals surface area contributed by atoms with E-state index in [1.807, 2.05) is 11.4 Å². The third kappa shape index (κ3) is 3.44. The zero-order valence-electron chi connectivity index (χ0n) is 12.5. The van der Waals surface area contributed by atoms with Crippen LogP contribution in [0.15, 0.2) is 17.5 Å². The number of hydrogen-bond acceptors (Lipinski definition) is 5. The van der Waals surface area contributed by atoms with Crippen molar-refractivity contribution < 1.29 is 4.79 Å². The lowest BCUT2D eigenvalue weighted by molar-refractivity contribution is 0.0981. The minimum Gasteiger partial charge on any atom is -0.323 e. The molecular formula is C16H15N3OS3. The van der Waals surface area contributed by atoms with E-state index in [1.54, 1.807) is 17.4 Å². The van der Waals surface area contributed by atoms with Gasteiger partial charge in [0.25, 0.3) is 5.91 Å². The SMILES string of the molecule is CC1CCc2c(sc(NC(=S)NC(=O)c3cccs3)c2C#N)C1. The summed E-state index contributed by atoms with van der Waals surface area (Å²) >= 11 is 8.15. The summed E-state index contributed by atoms with van der Waals surface area (Å²) in [5.74, 6) is 0.414. The number of fused-ring (bicyclic) bond motifs is 1. The second-order valence-corrected chi connectivity index (χ2v) is 8.01. The lowest BCUT2D eigenvalue weighted by atomic mass is 9.89. The lowest BCUT2D eigenvalue weighted by Crippen LogP contribution is -2.33. The third-order valence-electron chi connectivity index (χ3n) is 3.82. The molecule has 118 valence electrons. The van der Waals surface area contributed by atoms with Crippen LogP contribution in [0, 0.1) is 17.2 Å². The van der Waals surface area contributed by atoms with E-state index in [4.69, 9.17) is 12.2 Å². The molecule has 2 heterocycles. The van der Waals surface area contributed by atoms with Crippen molar-refractivity contribution in [3.63, 3.8) is 0 Å². The number of amides is 1. The van der Waals surface area contributed by atoms with Gasteiger partial charge in [-0.25, -0.2) is 0 Å². The molecule has 0 aromatic carbocycles. The summed E-state index contributed by atoms with van der Waals surface area (Å²) in [5.41, 5.74) is 1.81. The Morgan fingerprint density at radius 3 is 3.04 bits per heavy atom. The van der Waals surface area contributed by atoms with E-state index in [-0.39, 0.29) is 11.0 Å². The van der Waals surface area contributed by atoms with Gasteiger partial charge in [0, 0.05) is 4.88 Å². The van der Waals surface area contributed by atoms with Gasteiger partial charge in [-0.2, -0.15) is 5.26 Å². The van der Waals surface area contributed by atoms with Crippen molar-refractivity contribution >= 4 is 50.9 Å². The molecule has 2 N–H and O–H groups in total. The highest BCUT2D eigenvalue weighted by atomic mass is 32.1. The van der Waals surface area contributed by atoms with E-state index in [2.05, 4.69) is 23.6 Å². The molecule has 7 heteroatoms. The molecule has 1 unspecified atom stereocenters. The maximum absolute atomic E-state index is 12.0.